The lowest BCUT2D eigenvalue weighted by atomic mass is 10.0. The molecule has 0 bridgehead atoms. The maximum Gasteiger partial charge on any atom is 0.249 e. The van der Waals surface area contributed by atoms with Crippen LogP contribution in [-0.2, 0) is 9.53 Å². The second-order valence-electron chi connectivity index (χ2n) is 4.61. The number of nitrogens with two attached hydrogens (primary N) is 1. The van der Waals surface area contributed by atoms with Crippen molar-refractivity contribution >= 4 is 5.91 Å². The number of carbonyl (C=O) groups is 1. The first-order valence-electron chi connectivity index (χ1n) is 6.30. The highest BCUT2D eigenvalue weighted by Gasteiger charge is 2.28. The molecule has 3 atom stereocenters. The summed E-state index contributed by atoms with van der Waals surface area (Å²) >= 11 is 0. The van der Waals surface area contributed by atoms with Crippen LogP contribution >= 0.6 is 0 Å². The topological polar surface area (TPSA) is 64.3 Å². The van der Waals surface area contributed by atoms with Crippen molar-refractivity contribution in [3.63, 3.8) is 0 Å². The second-order valence-corrected chi connectivity index (χ2v) is 4.61. The summed E-state index contributed by atoms with van der Waals surface area (Å²) in [6.45, 7) is 5.54. The van der Waals surface area contributed by atoms with Crippen LogP contribution in [0.5, 0.6) is 0 Å². The fourth-order valence-electron chi connectivity index (χ4n) is 2.04. The molecule has 3 unspecified atom stereocenters. The molecule has 0 aliphatic carbocycles. The predicted molar refractivity (Wildman–Crippen MR) is 64.0 cm³/mol. The Morgan fingerprint density at radius 1 is 1.56 bits per heavy atom. The van der Waals surface area contributed by atoms with Gasteiger partial charge >= 0.3 is 0 Å². The third-order valence-corrected chi connectivity index (χ3v) is 3.24. The molecule has 1 heterocycles. The van der Waals surface area contributed by atoms with E-state index in [9.17, 15) is 4.79 Å². The molecule has 3 N–H and O–H groups in total. The summed E-state index contributed by atoms with van der Waals surface area (Å²) in [6.07, 6.45) is 3.85. The van der Waals surface area contributed by atoms with Gasteiger partial charge in [-0.05, 0) is 38.6 Å². The molecule has 1 fully saturated rings. The van der Waals surface area contributed by atoms with Crippen molar-refractivity contribution in [2.45, 2.75) is 51.7 Å². The third kappa shape index (κ3) is 4.10. The Kier molecular flexibility index (Phi) is 5.77. The van der Waals surface area contributed by atoms with Gasteiger partial charge in [0, 0.05) is 6.54 Å². The summed E-state index contributed by atoms with van der Waals surface area (Å²) in [5, 5.41) is 2.96. The summed E-state index contributed by atoms with van der Waals surface area (Å²) in [5.41, 5.74) is 5.51. The zero-order valence-electron chi connectivity index (χ0n) is 10.4. The molecule has 16 heavy (non-hydrogen) atoms. The van der Waals surface area contributed by atoms with Gasteiger partial charge < -0.3 is 15.8 Å². The molecular weight excluding hydrogens is 204 g/mol. The van der Waals surface area contributed by atoms with Crippen molar-refractivity contribution in [1.29, 1.82) is 0 Å². The third-order valence-electron chi connectivity index (χ3n) is 3.24. The lowest BCUT2D eigenvalue weighted by molar-refractivity contribution is -0.131. The van der Waals surface area contributed by atoms with Crippen LogP contribution in [0.15, 0.2) is 0 Å². The van der Waals surface area contributed by atoms with E-state index >= 15 is 0 Å². The van der Waals surface area contributed by atoms with E-state index < -0.39 is 0 Å². The van der Waals surface area contributed by atoms with Gasteiger partial charge in [0.25, 0.3) is 0 Å². The monoisotopic (exact) mass is 228 g/mol. The molecule has 4 heteroatoms. The second kappa shape index (κ2) is 6.86. The van der Waals surface area contributed by atoms with Crippen molar-refractivity contribution < 1.29 is 9.53 Å². The molecule has 94 valence electrons. The van der Waals surface area contributed by atoms with E-state index in [1.165, 1.54) is 0 Å². The van der Waals surface area contributed by atoms with Gasteiger partial charge in [-0.15, -0.1) is 0 Å². The number of carbonyl (C=O) groups excluding carboxylic acids is 1. The summed E-state index contributed by atoms with van der Waals surface area (Å²) < 4.78 is 5.51. The van der Waals surface area contributed by atoms with Gasteiger partial charge in [0.05, 0.1) is 6.10 Å². The number of ether oxygens (including phenoxy) is 1. The van der Waals surface area contributed by atoms with E-state index in [0.717, 1.165) is 32.2 Å². The van der Waals surface area contributed by atoms with Gasteiger partial charge in [-0.1, -0.05) is 13.3 Å². The molecule has 0 radical (unpaired) electrons. The zero-order valence-corrected chi connectivity index (χ0v) is 10.4. The van der Waals surface area contributed by atoms with E-state index in [0.29, 0.717) is 12.5 Å². The molecule has 1 rings (SSSR count). The van der Waals surface area contributed by atoms with Crippen LogP contribution in [0.2, 0.25) is 0 Å². The highest BCUT2D eigenvalue weighted by Crippen LogP contribution is 2.19. The highest BCUT2D eigenvalue weighted by molar-refractivity contribution is 5.80. The SMILES string of the molecule is CCC(CCN)CNC(=O)C1CCC(C)O1. The Hall–Kier alpha value is -0.610. The van der Waals surface area contributed by atoms with Crippen molar-refractivity contribution in [2.24, 2.45) is 11.7 Å². The zero-order chi connectivity index (χ0) is 12.0. The van der Waals surface area contributed by atoms with Crippen molar-refractivity contribution in [3.8, 4) is 0 Å². The van der Waals surface area contributed by atoms with Crippen molar-refractivity contribution in [1.82, 2.24) is 5.32 Å². The summed E-state index contributed by atoms with van der Waals surface area (Å²) in [4.78, 5) is 11.7. The van der Waals surface area contributed by atoms with Crippen molar-refractivity contribution in [2.75, 3.05) is 13.1 Å². The van der Waals surface area contributed by atoms with Gasteiger partial charge in [0.2, 0.25) is 5.91 Å². The molecule has 0 saturated carbocycles. The van der Waals surface area contributed by atoms with Crippen LogP contribution in [0.3, 0.4) is 0 Å². The summed E-state index contributed by atoms with van der Waals surface area (Å²) in [7, 11) is 0. The van der Waals surface area contributed by atoms with Gasteiger partial charge in [-0.2, -0.15) is 0 Å². The van der Waals surface area contributed by atoms with Crippen LogP contribution in [0.1, 0.15) is 39.5 Å². The number of nitrogens with one attached hydrogen (secondary N) is 1. The minimum atomic E-state index is -0.231. The highest BCUT2D eigenvalue weighted by atomic mass is 16.5. The molecule has 0 aromatic heterocycles. The average Bonchev–Trinajstić information content (AvgIpc) is 2.70. The molecule has 1 aliphatic heterocycles. The molecule has 0 aromatic carbocycles. The largest absolute Gasteiger partial charge is 0.365 e. The Labute approximate surface area is 97.9 Å². The summed E-state index contributed by atoms with van der Waals surface area (Å²) in [6, 6.07) is 0. The van der Waals surface area contributed by atoms with Crippen LogP contribution in [0.25, 0.3) is 0 Å². The predicted octanol–water partition coefficient (Wildman–Crippen LogP) is 1.05. The number of hydrogen-bond acceptors (Lipinski definition) is 3. The maximum absolute atomic E-state index is 11.7. The van der Waals surface area contributed by atoms with Crippen LogP contribution in [-0.4, -0.2) is 31.2 Å². The molecule has 0 aromatic rings. The van der Waals surface area contributed by atoms with Crippen LogP contribution in [0, 0.1) is 5.92 Å². The summed E-state index contributed by atoms with van der Waals surface area (Å²) in [5.74, 6) is 0.535. The minimum Gasteiger partial charge on any atom is -0.365 e. The number of hydrogen-bond donors (Lipinski definition) is 2. The minimum absolute atomic E-state index is 0.0415. The van der Waals surface area contributed by atoms with E-state index in [1.54, 1.807) is 0 Å². The first kappa shape index (κ1) is 13.5. The lowest BCUT2D eigenvalue weighted by Crippen LogP contribution is -2.37. The quantitative estimate of drug-likeness (QED) is 0.714. The number of rotatable bonds is 6. The maximum atomic E-state index is 11.7. The molecule has 1 saturated heterocycles. The lowest BCUT2D eigenvalue weighted by Gasteiger charge is -2.17. The van der Waals surface area contributed by atoms with Crippen LogP contribution < -0.4 is 11.1 Å². The molecular formula is C12H24N2O2. The van der Waals surface area contributed by atoms with E-state index in [2.05, 4.69) is 12.2 Å². The van der Waals surface area contributed by atoms with Gasteiger partial charge in [0.1, 0.15) is 6.10 Å². The van der Waals surface area contributed by atoms with E-state index in [4.69, 9.17) is 10.5 Å². The van der Waals surface area contributed by atoms with Crippen molar-refractivity contribution in [3.05, 3.63) is 0 Å². The van der Waals surface area contributed by atoms with E-state index in [1.807, 2.05) is 6.92 Å². The Morgan fingerprint density at radius 2 is 2.31 bits per heavy atom. The molecule has 0 spiro atoms. The Bertz CT molecular complexity index is 221. The molecule has 4 nitrogen and oxygen atoms in total. The standard InChI is InChI=1S/C12H24N2O2/c1-3-10(6-7-13)8-14-12(15)11-5-4-9(2)16-11/h9-11H,3-8,13H2,1-2H3,(H,14,15). The smallest absolute Gasteiger partial charge is 0.249 e. The van der Waals surface area contributed by atoms with Gasteiger partial charge in [0.15, 0.2) is 0 Å². The van der Waals surface area contributed by atoms with E-state index in [-0.39, 0.29) is 18.1 Å². The average molecular weight is 228 g/mol. The first-order chi connectivity index (χ1) is 7.67. The fraction of sp³-hybridized carbons (Fsp3) is 0.917. The normalized spacial score (nSPS) is 26.7. The Balaban J connectivity index is 2.23. The number of amides is 1. The molecule has 1 amide bonds. The first-order valence-corrected chi connectivity index (χ1v) is 6.30. The van der Waals surface area contributed by atoms with Gasteiger partial charge in [-0.3, -0.25) is 4.79 Å². The van der Waals surface area contributed by atoms with Gasteiger partial charge in [-0.25, -0.2) is 0 Å². The Morgan fingerprint density at radius 3 is 2.81 bits per heavy atom. The van der Waals surface area contributed by atoms with Crippen LogP contribution in [0.4, 0.5) is 0 Å². The molecule has 1 aliphatic rings. The fourth-order valence-corrected chi connectivity index (χ4v) is 2.04.